The van der Waals surface area contributed by atoms with Crippen LogP contribution < -0.4 is 0 Å². The molecular weight excluding hydrogens is 234 g/mol. The first kappa shape index (κ1) is 9.15. The van der Waals surface area contributed by atoms with E-state index >= 15 is 0 Å². The zero-order valence-electron chi connectivity index (χ0n) is 7.44. The number of nitrogens with zero attached hydrogens (tertiary/aromatic N) is 3. The molecule has 1 N–H and O–H groups in total. The molecule has 4 nitrogen and oxygen atoms in total. The number of aliphatic hydroxyl groups is 1. The van der Waals surface area contributed by atoms with Crippen LogP contribution in [0.3, 0.4) is 0 Å². The smallest absolute Gasteiger partial charge is 0.151 e. The first-order chi connectivity index (χ1) is 6.20. The molecule has 1 fully saturated rings. The predicted octanol–water partition coefficient (Wildman–Crippen LogP) is 1.21. The molecule has 2 atom stereocenters. The van der Waals surface area contributed by atoms with Crippen molar-refractivity contribution in [2.24, 2.45) is 7.05 Å². The summed E-state index contributed by atoms with van der Waals surface area (Å²) >= 11 is 3.35. The van der Waals surface area contributed by atoms with Crippen LogP contribution in [0.15, 0.2) is 4.60 Å². The van der Waals surface area contributed by atoms with Gasteiger partial charge in [-0.15, -0.1) is 5.10 Å². The van der Waals surface area contributed by atoms with Gasteiger partial charge in [0.2, 0.25) is 0 Å². The molecular formula is C8H12BrN3O. The Morgan fingerprint density at radius 1 is 1.54 bits per heavy atom. The van der Waals surface area contributed by atoms with Gasteiger partial charge in [0.1, 0.15) is 0 Å². The van der Waals surface area contributed by atoms with E-state index in [-0.39, 0.29) is 12.0 Å². The van der Waals surface area contributed by atoms with E-state index in [9.17, 15) is 5.11 Å². The summed E-state index contributed by atoms with van der Waals surface area (Å²) in [7, 11) is 1.86. The molecule has 1 saturated carbocycles. The lowest BCUT2D eigenvalue weighted by atomic mass is 10.0. The van der Waals surface area contributed by atoms with E-state index in [1.54, 1.807) is 4.68 Å². The molecule has 1 heterocycles. The molecule has 2 rings (SSSR count). The first-order valence-electron chi connectivity index (χ1n) is 4.43. The second-order valence-electron chi connectivity index (χ2n) is 3.49. The minimum atomic E-state index is -0.228. The highest BCUT2D eigenvalue weighted by molar-refractivity contribution is 9.10. The molecule has 5 heteroatoms. The topological polar surface area (TPSA) is 50.9 Å². The molecule has 0 radical (unpaired) electrons. The Hall–Kier alpha value is -0.420. The molecule has 1 aliphatic carbocycles. The maximum Gasteiger partial charge on any atom is 0.151 e. The standard InChI is InChI=1S/C8H12BrN3O/c1-12-7(8(9)10-11-12)5-3-2-4-6(5)13/h5-6,13H,2-4H2,1H3/t5-,6-/m1/s1. The van der Waals surface area contributed by atoms with Gasteiger partial charge in [-0.05, 0) is 28.8 Å². The van der Waals surface area contributed by atoms with Crippen molar-refractivity contribution in [2.75, 3.05) is 0 Å². The van der Waals surface area contributed by atoms with Gasteiger partial charge in [-0.3, -0.25) is 4.68 Å². The Morgan fingerprint density at radius 3 is 2.77 bits per heavy atom. The zero-order chi connectivity index (χ0) is 9.42. The van der Waals surface area contributed by atoms with E-state index in [0.29, 0.717) is 0 Å². The Morgan fingerprint density at radius 2 is 2.31 bits per heavy atom. The van der Waals surface area contributed by atoms with Crippen molar-refractivity contribution in [1.82, 2.24) is 15.0 Å². The van der Waals surface area contributed by atoms with E-state index in [0.717, 1.165) is 29.6 Å². The maximum absolute atomic E-state index is 9.72. The normalized spacial score (nSPS) is 28.2. The quantitative estimate of drug-likeness (QED) is 0.810. The fourth-order valence-electron chi connectivity index (χ4n) is 1.99. The van der Waals surface area contributed by atoms with Crippen LogP contribution in [0.1, 0.15) is 30.9 Å². The van der Waals surface area contributed by atoms with E-state index in [4.69, 9.17) is 0 Å². The molecule has 0 spiro atoms. The summed E-state index contributed by atoms with van der Waals surface area (Å²) in [5.74, 6) is 0.203. The lowest BCUT2D eigenvalue weighted by Gasteiger charge is -2.13. The zero-order valence-corrected chi connectivity index (χ0v) is 9.03. The van der Waals surface area contributed by atoms with Crippen LogP contribution >= 0.6 is 15.9 Å². The van der Waals surface area contributed by atoms with Crippen molar-refractivity contribution in [2.45, 2.75) is 31.3 Å². The van der Waals surface area contributed by atoms with Crippen molar-refractivity contribution in [3.8, 4) is 0 Å². The number of rotatable bonds is 1. The van der Waals surface area contributed by atoms with Crippen molar-refractivity contribution in [3.05, 3.63) is 10.3 Å². The summed E-state index contributed by atoms with van der Waals surface area (Å²) in [6.07, 6.45) is 2.78. The van der Waals surface area contributed by atoms with Crippen LogP contribution in [-0.4, -0.2) is 26.2 Å². The average molecular weight is 246 g/mol. The van der Waals surface area contributed by atoms with E-state index < -0.39 is 0 Å². The monoisotopic (exact) mass is 245 g/mol. The van der Waals surface area contributed by atoms with E-state index in [1.165, 1.54) is 0 Å². The highest BCUT2D eigenvalue weighted by Gasteiger charge is 2.31. The van der Waals surface area contributed by atoms with Crippen LogP contribution in [0.4, 0.5) is 0 Å². The third kappa shape index (κ3) is 1.50. The Bertz CT molecular complexity index is 293. The number of aromatic nitrogens is 3. The highest BCUT2D eigenvalue weighted by atomic mass is 79.9. The SMILES string of the molecule is Cn1nnc(Br)c1[C@@H]1CCC[C@H]1O. The van der Waals surface area contributed by atoms with Gasteiger partial charge >= 0.3 is 0 Å². The molecule has 72 valence electrons. The minimum Gasteiger partial charge on any atom is -0.392 e. The number of aryl methyl sites for hydroxylation is 1. The lowest BCUT2D eigenvalue weighted by Crippen LogP contribution is -2.15. The average Bonchev–Trinajstić information content (AvgIpc) is 2.60. The van der Waals surface area contributed by atoms with Gasteiger partial charge < -0.3 is 5.11 Å². The van der Waals surface area contributed by atoms with Gasteiger partial charge in [-0.2, -0.15) is 0 Å². The molecule has 0 bridgehead atoms. The molecule has 1 aliphatic rings. The van der Waals surface area contributed by atoms with Crippen LogP contribution in [0.25, 0.3) is 0 Å². The maximum atomic E-state index is 9.72. The molecule has 1 aromatic rings. The van der Waals surface area contributed by atoms with Crippen LogP contribution in [-0.2, 0) is 7.05 Å². The highest BCUT2D eigenvalue weighted by Crippen LogP contribution is 2.36. The third-order valence-corrected chi connectivity index (χ3v) is 3.22. The lowest BCUT2D eigenvalue weighted by molar-refractivity contribution is 0.160. The summed E-state index contributed by atoms with van der Waals surface area (Å²) in [6, 6.07) is 0. The van der Waals surface area contributed by atoms with E-state index in [1.807, 2.05) is 7.05 Å². The van der Waals surface area contributed by atoms with Crippen molar-refractivity contribution in [1.29, 1.82) is 0 Å². The third-order valence-electron chi connectivity index (χ3n) is 2.66. The molecule has 0 unspecified atom stereocenters. The Balaban J connectivity index is 2.33. The Labute approximate surface area is 85.1 Å². The molecule has 0 aromatic carbocycles. The van der Waals surface area contributed by atoms with Crippen molar-refractivity contribution in [3.63, 3.8) is 0 Å². The van der Waals surface area contributed by atoms with Crippen LogP contribution in [0.2, 0.25) is 0 Å². The van der Waals surface area contributed by atoms with Crippen molar-refractivity contribution >= 4 is 15.9 Å². The second kappa shape index (κ2) is 3.38. The fourth-order valence-corrected chi connectivity index (χ4v) is 2.61. The van der Waals surface area contributed by atoms with Crippen molar-refractivity contribution < 1.29 is 5.11 Å². The molecule has 13 heavy (non-hydrogen) atoms. The summed E-state index contributed by atoms with van der Waals surface area (Å²) in [5.41, 5.74) is 1.02. The summed E-state index contributed by atoms with van der Waals surface area (Å²) in [6.45, 7) is 0. The van der Waals surface area contributed by atoms with Gasteiger partial charge in [0, 0.05) is 13.0 Å². The molecule has 0 aliphatic heterocycles. The predicted molar refractivity (Wildman–Crippen MR) is 51.3 cm³/mol. The summed E-state index contributed by atoms with van der Waals surface area (Å²) < 4.78 is 2.50. The minimum absolute atomic E-state index is 0.203. The van der Waals surface area contributed by atoms with Gasteiger partial charge in [0.25, 0.3) is 0 Å². The van der Waals surface area contributed by atoms with Gasteiger partial charge in [0.15, 0.2) is 4.60 Å². The van der Waals surface area contributed by atoms with Crippen LogP contribution in [0.5, 0.6) is 0 Å². The first-order valence-corrected chi connectivity index (χ1v) is 5.22. The number of aliphatic hydroxyl groups excluding tert-OH is 1. The number of hydrogen-bond donors (Lipinski definition) is 1. The summed E-state index contributed by atoms with van der Waals surface area (Å²) in [4.78, 5) is 0. The van der Waals surface area contributed by atoms with Gasteiger partial charge in [-0.25, -0.2) is 0 Å². The number of hydrogen-bond acceptors (Lipinski definition) is 3. The summed E-state index contributed by atoms with van der Waals surface area (Å²) in [5, 5.41) is 17.5. The fraction of sp³-hybridized carbons (Fsp3) is 0.750. The second-order valence-corrected chi connectivity index (χ2v) is 4.24. The van der Waals surface area contributed by atoms with Gasteiger partial charge in [0.05, 0.1) is 11.8 Å². The van der Waals surface area contributed by atoms with E-state index in [2.05, 4.69) is 26.2 Å². The van der Waals surface area contributed by atoms with Crippen LogP contribution in [0, 0.1) is 0 Å². The molecule has 1 aromatic heterocycles. The number of halogens is 1. The molecule has 0 saturated heterocycles. The Kier molecular flexibility index (Phi) is 2.38. The largest absolute Gasteiger partial charge is 0.392 e. The van der Waals surface area contributed by atoms with Gasteiger partial charge in [-0.1, -0.05) is 11.6 Å². The molecule has 0 amide bonds.